The van der Waals surface area contributed by atoms with E-state index >= 15 is 0 Å². The number of halogens is 1. The molecule has 7 heteroatoms. The fourth-order valence-corrected chi connectivity index (χ4v) is 4.51. The van der Waals surface area contributed by atoms with Gasteiger partial charge in [0, 0.05) is 44.3 Å². The van der Waals surface area contributed by atoms with Gasteiger partial charge in [0.05, 0.1) is 17.3 Å². The molecule has 0 saturated carbocycles. The highest BCUT2D eigenvalue weighted by Crippen LogP contribution is 2.42. The monoisotopic (exact) mass is 373 g/mol. The van der Waals surface area contributed by atoms with Crippen LogP contribution < -0.4 is 9.80 Å². The summed E-state index contributed by atoms with van der Waals surface area (Å²) in [7, 11) is 0. The fraction of sp³-hybridized carbons (Fsp3) is 0.526. The zero-order chi connectivity index (χ0) is 18.1. The first kappa shape index (κ1) is 17.5. The van der Waals surface area contributed by atoms with Crippen LogP contribution in [0.3, 0.4) is 0 Å². The Hall–Kier alpha value is -1.92. The standard InChI is InChI=1S/C19H24ClN5O/c1-14-2-3-16(20)18(23-14)24-8-4-19(5-9-24)10-15(26)12-25(13-19)17-11-21-6-7-22-17/h2-3,6-7,11,15,26H,4-5,8-10,12-13H2,1H3. The van der Waals surface area contributed by atoms with E-state index in [1.807, 2.05) is 19.1 Å². The minimum absolute atomic E-state index is 0.0992. The number of hydrogen-bond donors (Lipinski definition) is 1. The molecule has 2 aliphatic heterocycles. The number of rotatable bonds is 2. The van der Waals surface area contributed by atoms with E-state index in [4.69, 9.17) is 11.6 Å². The van der Waals surface area contributed by atoms with E-state index in [1.54, 1.807) is 18.6 Å². The second kappa shape index (κ2) is 7.00. The number of pyridine rings is 1. The molecular formula is C19H24ClN5O. The molecule has 2 fully saturated rings. The van der Waals surface area contributed by atoms with Gasteiger partial charge in [0.15, 0.2) is 0 Å². The Morgan fingerprint density at radius 2 is 2.00 bits per heavy atom. The maximum absolute atomic E-state index is 10.5. The minimum atomic E-state index is -0.335. The van der Waals surface area contributed by atoms with Gasteiger partial charge >= 0.3 is 0 Å². The van der Waals surface area contributed by atoms with Gasteiger partial charge in [0.1, 0.15) is 11.6 Å². The molecule has 0 aliphatic carbocycles. The number of aliphatic hydroxyl groups is 1. The Kier molecular flexibility index (Phi) is 4.71. The lowest BCUT2D eigenvalue weighted by Gasteiger charge is -2.49. The number of hydrogen-bond acceptors (Lipinski definition) is 6. The van der Waals surface area contributed by atoms with Crippen molar-refractivity contribution in [1.82, 2.24) is 15.0 Å². The highest BCUT2D eigenvalue weighted by molar-refractivity contribution is 6.32. The van der Waals surface area contributed by atoms with E-state index in [2.05, 4.69) is 24.8 Å². The van der Waals surface area contributed by atoms with Crippen molar-refractivity contribution in [2.24, 2.45) is 5.41 Å². The first-order valence-corrected chi connectivity index (χ1v) is 9.50. The summed E-state index contributed by atoms with van der Waals surface area (Å²) in [6, 6.07) is 3.86. The van der Waals surface area contributed by atoms with Crippen LogP contribution in [0.15, 0.2) is 30.7 Å². The van der Waals surface area contributed by atoms with Gasteiger partial charge < -0.3 is 14.9 Å². The second-order valence-corrected chi connectivity index (χ2v) is 7.95. The molecule has 0 radical (unpaired) electrons. The number of piperidine rings is 2. The van der Waals surface area contributed by atoms with Crippen LogP contribution in [0, 0.1) is 12.3 Å². The van der Waals surface area contributed by atoms with Crippen molar-refractivity contribution in [3.8, 4) is 0 Å². The molecule has 138 valence electrons. The van der Waals surface area contributed by atoms with E-state index < -0.39 is 0 Å². The molecule has 4 rings (SSSR count). The zero-order valence-electron chi connectivity index (χ0n) is 15.0. The van der Waals surface area contributed by atoms with Gasteiger partial charge in [-0.05, 0) is 43.7 Å². The molecule has 26 heavy (non-hydrogen) atoms. The first-order chi connectivity index (χ1) is 12.5. The average Bonchev–Trinajstić information content (AvgIpc) is 2.65. The second-order valence-electron chi connectivity index (χ2n) is 7.55. The van der Waals surface area contributed by atoms with Crippen molar-refractivity contribution in [2.45, 2.75) is 32.3 Å². The lowest BCUT2D eigenvalue weighted by Crippen LogP contribution is -2.54. The van der Waals surface area contributed by atoms with E-state index in [1.165, 1.54) is 0 Å². The smallest absolute Gasteiger partial charge is 0.147 e. The van der Waals surface area contributed by atoms with Gasteiger partial charge in [0.2, 0.25) is 0 Å². The normalized spacial score (nSPS) is 22.7. The highest BCUT2D eigenvalue weighted by atomic mass is 35.5. The average molecular weight is 374 g/mol. The summed E-state index contributed by atoms with van der Waals surface area (Å²) in [5.41, 5.74) is 1.08. The first-order valence-electron chi connectivity index (χ1n) is 9.12. The lowest BCUT2D eigenvalue weighted by molar-refractivity contribution is 0.0594. The summed E-state index contributed by atoms with van der Waals surface area (Å²) < 4.78 is 0. The van der Waals surface area contributed by atoms with Crippen LogP contribution in [-0.2, 0) is 0 Å². The van der Waals surface area contributed by atoms with Crippen LogP contribution in [-0.4, -0.2) is 52.3 Å². The summed E-state index contributed by atoms with van der Waals surface area (Å²) in [5, 5.41) is 11.2. The minimum Gasteiger partial charge on any atom is -0.391 e. The van der Waals surface area contributed by atoms with E-state index in [0.717, 1.165) is 56.2 Å². The number of nitrogens with zero attached hydrogens (tertiary/aromatic N) is 5. The molecule has 1 atom stereocenters. The third-order valence-corrected chi connectivity index (χ3v) is 5.88. The van der Waals surface area contributed by atoms with Gasteiger partial charge in [0.25, 0.3) is 0 Å². The summed E-state index contributed by atoms with van der Waals surface area (Å²) in [4.78, 5) is 17.7. The molecule has 2 aromatic heterocycles. The van der Waals surface area contributed by atoms with Gasteiger partial charge in [-0.3, -0.25) is 4.98 Å². The van der Waals surface area contributed by atoms with Gasteiger partial charge in [-0.1, -0.05) is 11.6 Å². The van der Waals surface area contributed by atoms with E-state index in [9.17, 15) is 5.11 Å². The molecular weight excluding hydrogens is 350 g/mol. The summed E-state index contributed by atoms with van der Waals surface area (Å²) in [6.45, 7) is 5.32. The molecule has 2 saturated heterocycles. The molecule has 0 amide bonds. The van der Waals surface area contributed by atoms with Gasteiger partial charge in [-0.15, -0.1) is 0 Å². The topological polar surface area (TPSA) is 65.4 Å². The molecule has 0 bridgehead atoms. The highest BCUT2D eigenvalue weighted by Gasteiger charge is 2.42. The van der Waals surface area contributed by atoms with Crippen LogP contribution in [0.2, 0.25) is 5.02 Å². The third kappa shape index (κ3) is 3.48. The Labute approximate surface area is 158 Å². The van der Waals surface area contributed by atoms with Gasteiger partial charge in [-0.2, -0.15) is 0 Å². The Bertz CT molecular complexity index is 764. The summed E-state index contributed by atoms with van der Waals surface area (Å²) in [5.74, 6) is 1.72. The SMILES string of the molecule is Cc1ccc(Cl)c(N2CCC3(CC2)CC(O)CN(c2cnccn2)C3)n1. The quantitative estimate of drug-likeness (QED) is 0.873. The molecule has 0 aromatic carbocycles. The molecule has 2 aliphatic rings. The molecule has 4 heterocycles. The Morgan fingerprint density at radius 1 is 1.19 bits per heavy atom. The Morgan fingerprint density at radius 3 is 2.73 bits per heavy atom. The number of β-amino-alcohol motifs (C(OH)–C–C–N with tert-alkyl or cyclic N) is 1. The van der Waals surface area contributed by atoms with Crippen LogP contribution in [0.1, 0.15) is 25.0 Å². The maximum atomic E-state index is 10.5. The van der Waals surface area contributed by atoms with Crippen LogP contribution >= 0.6 is 11.6 Å². The number of aliphatic hydroxyl groups excluding tert-OH is 1. The fourth-order valence-electron chi connectivity index (χ4n) is 4.28. The molecule has 1 N–H and O–H groups in total. The van der Waals surface area contributed by atoms with E-state index in [-0.39, 0.29) is 11.5 Å². The number of anilines is 2. The van der Waals surface area contributed by atoms with Crippen molar-refractivity contribution in [3.05, 3.63) is 41.4 Å². The number of aryl methyl sites for hydroxylation is 1. The predicted octanol–water partition coefficient (Wildman–Crippen LogP) is 2.69. The van der Waals surface area contributed by atoms with Crippen molar-refractivity contribution in [1.29, 1.82) is 0 Å². The van der Waals surface area contributed by atoms with Crippen LogP contribution in [0.5, 0.6) is 0 Å². The number of aromatic nitrogens is 3. The lowest BCUT2D eigenvalue weighted by atomic mass is 9.71. The van der Waals surface area contributed by atoms with Crippen molar-refractivity contribution < 1.29 is 5.11 Å². The van der Waals surface area contributed by atoms with Crippen molar-refractivity contribution in [2.75, 3.05) is 36.0 Å². The summed E-state index contributed by atoms with van der Waals surface area (Å²) in [6.07, 6.45) is 7.68. The third-order valence-electron chi connectivity index (χ3n) is 5.59. The van der Waals surface area contributed by atoms with Gasteiger partial charge in [-0.25, -0.2) is 9.97 Å². The van der Waals surface area contributed by atoms with Crippen molar-refractivity contribution >= 4 is 23.2 Å². The predicted molar refractivity (Wildman–Crippen MR) is 103 cm³/mol. The van der Waals surface area contributed by atoms with E-state index in [0.29, 0.717) is 11.6 Å². The Balaban J connectivity index is 1.49. The molecule has 1 unspecified atom stereocenters. The van der Waals surface area contributed by atoms with Crippen LogP contribution in [0.25, 0.3) is 0 Å². The summed E-state index contributed by atoms with van der Waals surface area (Å²) >= 11 is 6.37. The van der Waals surface area contributed by atoms with Crippen LogP contribution in [0.4, 0.5) is 11.6 Å². The van der Waals surface area contributed by atoms with Crippen molar-refractivity contribution in [3.63, 3.8) is 0 Å². The molecule has 2 aromatic rings. The maximum Gasteiger partial charge on any atom is 0.147 e. The zero-order valence-corrected chi connectivity index (χ0v) is 15.7. The largest absolute Gasteiger partial charge is 0.391 e. The molecule has 1 spiro atoms. The molecule has 6 nitrogen and oxygen atoms in total.